The second-order valence-corrected chi connectivity index (χ2v) is 5.63. The van der Waals surface area contributed by atoms with Crippen molar-refractivity contribution in [3.63, 3.8) is 0 Å². The molecule has 2 nitrogen and oxygen atoms in total. The van der Waals surface area contributed by atoms with Gasteiger partial charge in [0.25, 0.3) is 0 Å². The normalized spacial score (nSPS) is 54.2. The third-order valence-corrected chi connectivity index (χ3v) is 5.06. The second-order valence-electron chi connectivity index (χ2n) is 5.63. The lowest BCUT2D eigenvalue weighted by molar-refractivity contribution is -0.168. The summed E-state index contributed by atoms with van der Waals surface area (Å²) in [6.45, 7) is 0. The molecule has 6 atom stereocenters. The zero-order valence-electron chi connectivity index (χ0n) is 9.03. The van der Waals surface area contributed by atoms with Crippen LogP contribution in [0.3, 0.4) is 0 Å². The molecular weight excluding hydrogens is 214 g/mol. The Morgan fingerprint density at radius 3 is 2.81 bits per heavy atom. The molecule has 0 aliphatic heterocycles. The SMILES string of the molecule is O=C(O)CC1C2CCCC3CC1C2(F)C3F. The molecule has 0 heterocycles. The topological polar surface area (TPSA) is 37.3 Å². The van der Waals surface area contributed by atoms with Gasteiger partial charge in [-0.15, -0.1) is 0 Å². The average Bonchev–Trinajstić information content (AvgIpc) is 2.32. The monoisotopic (exact) mass is 230 g/mol. The van der Waals surface area contributed by atoms with E-state index in [9.17, 15) is 13.6 Å². The van der Waals surface area contributed by atoms with Gasteiger partial charge in [0.1, 0.15) is 11.8 Å². The highest BCUT2D eigenvalue weighted by Gasteiger charge is 2.72. The predicted octanol–water partition coefficient (Wildman–Crippen LogP) is 2.57. The molecule has 3 saturated carbocycles. The zero-order valence-corrected chi connectivity index (χ0v) is 9.03. The van der Waals surface area contributed by atoms with Gasteiger partial charge < -0.3 is 5.11 Å². The fourth-order valence-corrected chi connectivity index (χ4v) is 4.45. The second kappa shape index (κ2) is 3.17. The first-order chi connectivity index (χ1) is 7.55. The Hall–Kier alpha value is -0.670. The third kappa shape index (κ3) is 1.08. The van der Waals surface area contributed by atoms with Gasteiger partial charge in [-0.05, 0) is 37.0 Å². The van der Waals surface area contributed by atoms with Crippen molar-refractivity contribution >= 4 is 5.97 Å². The van der Waals surface area contributed by atoms with Gasteiger partial charge in [0, 0.05) is 12.3 Å². The van der Waals surface area contributed by atoms with Crippen molar-refractivity contribution in [1.29, 1.82) is 0 Å². The van der Waals surface area contributed by atoms with E-state index in [4.69, 9.17) is 5.11 Å². The van der Waals surface area contributed by atoms with E-state index in [1.54, 1.807) is 0 Å². The van der Waals surface area contributed by atoms with Crippen LogP contribution in [-0.4, -0.2) is 22.9 Å². The summed E-state index contributed by atoms with van der Waals surface area (Å²) in [7, 11) is 0. The molecule has 3 rings (SSSR count). The number of aliphatic carboxylic acids is 1. The molecule has 2 bridgehead atoms. The largest absolute Gasteiger partial charge is 0.481 e. The molecule has 0 aromatic rings. The van der Waals surface area contributed by atoms with Crippen LogP contribution in [0.2, 0.25) is 0 Å². The van der Waals surface area contributed by atoms with Crippen LogP contribution < -0.4 is 0 Å². The van der Waals surface area contributed by atoms with Gasteiger partial charge in [0.15, 0.2) is 0 Å². The summed E-state index contributed by atoms with van der Waals surface area (Å²) in [5.41, 5.74) is -1.68. The van der Waals surface area contributed by atoms with Crippen LogP contribution in [0.5, 0.6) is 0 Å². The van der Waals surface area contributed by atoms with E-state index in [1.165, 1.54) is 0 Å². The minimum atomic E-state index is -1.68. The van der Waals surface area contributed by atoms with Crippen LogP contribution in [0.4, 0.5) is 8.78 Å². The van der Waals surface area contributed by atoms with E-state index in [2.05, 4.69) is 0 Å². The molecule has 3 aliphatic rings. The molecule has 0 aromatic carbocycles. The molecule has 0 amide bonds. The maximum atomic E-state index is 14.6. The van der Waals surface area contributed by atoms with Crippen molar-refractivity contribution in [2.24, 2.45) is 23.7 Å². The first kappa shape index (κ1) is 10.5. The lowest BCUT2D eigenvalue weighted by atomic mass is 9.53. The van der Waals surface area contributed by atoms with Gasteiger partial charge in [-0.1, -0.05) is 6.42 Å². The summed E-state index contributed by atoms with van der Waals surface area (Å²) in [5.74, 6) is -1.81. The Balaban J connectivity index is 1.88. The van der Waals surface area contributed by atoms with Crippen LogP contribution in [-0.2, 0) is 4.79 Å². The number of carboxylic acids is 1. The van der Waals surface area contributed by atoms with Crippen molar-refractivity contribution in [1.82, 2.24) is 0 Å². The molecule has 0 aromatic heterocycles. The molecule has 16 heavy (non-hydrogen) atoms. The Bertz CT molecular complexity index is 333. The molecule has 1 N–H and O–H groups in total. The minimum absolute atomic E-state index is 0.0143. The molecule has 3 aliphatic carbocycles. The summed E-state index contributed by atoms with van der Waals surface area (Å²) in [6.07, 6.45) is 1.54. The lowest BCUT2D eigenvalue weighted by Crippen LogP contribution is -2.60. The summed E-state index contributed by atoms with van der Waals surface area (Å²) in [4.78, 5) is 10.7. The number of carbonyl (C=O) groups is 1. The van der Waals surface area contributed by atoms with E-state index < -0.39 is 17.8 Å². The van der Waals surface area contributed by atoms with Crippen LogP contribution in [0.1, 0.15) is 32.1 Å². The quantitative estimate of drug-likeness (QED) is 0.791. The van der Waals surface area contributed by atoms with Crippen molar-refractivity contribution < 1.29 is 18.7 Å². The molecule has 0 radical (unpaired) electrons. The summed E-state index contributed by atoms with van der Waals surface area (Å²) in [5, 5.41) is 8.80. The highest BCUT2D eigenvalue weighted by Crippen LogP contribution is 2.67. The summed E-state index contributed by atoms with van der Waals surface area (Å²) in [6, 6.07) is 0. The van der Waals surface area contributed by atoms with E-state index in [0.717, 1.165) is 12.8 Å². The lowest BCUT2D eigenvalue weighted by Gasteiger charge is -2.54. The number of hydrogen-bond acceptors (Lipinski definition) is 1. The molecular formula is C12H16F2O2. The van der Waals surface area contributed by atoms with Crippen molar-refractivity contribution in [2.75, 3.05) is 0 Å². The van der Waals surface area contributed by atoms with E-state index in [-0.39, 0.29) is 30.1 Å². The number of hydrogen-bond donors (Lipinski definition) is 1. The van der Waals surface area contributed by atoms with Gasteiger partial charge in [-0.2, -0.15) is 0 Å². The number of fused-ring (bicyclic) bond motifs is 1. The Kier molecular flexibility index (Phi) is 2.08. The van der Waals surface area contributed by atoms with Crippen LogP contribution >= 0.6 is 0 Å². The number of carboxylic acid groups (broad SMARTS) is 1. The van der Waals surface area contributed by atoms with Gasteiger partial charge >= 0.3 is 5.97 Å². The Labute approximate surface area is 93.0 Å². The fraction of sp³-hybridized carbons (Fsp3) is 0.917. The number of rotatable bonds is 2. The standard InChI is InChI=1S/C12H16F2O2/c13-11-6-2-1-3-8-7(5-10(15)16)9(4-6)12(8,11)14/h6-9,11H,1-5H2,(H,15,16). The van der Waals surface area contributed by atoms with Crippen LogP contribution in [0.15, 0.2) is 0 Å². The van der Waals surface area contributed by atoms with Crippen LogP contribution in [0.25, 0.3) is 0 Å². The number of halogens is 2. The minimum Gasteiger partial charge on any atom is -0.481 e. The van der Waals surface area contributed by atoms with E-state index in [1.807, 2.05) is 0 Å². The van der Waals surface area contributed by atoms with Gasteiger partial charge in [0.2, 0.25) is 0 Å². The molecule has 0 saturated heterocycles. The molecule has 6 unspecified atom stereocenters. The first-order valence-electron chi connectivity index (χ1n) is 6.10. The van der Waals surface area contributed by atoms with Gasteiger partial charge in [-0.3, -0.25) is 4.79 Å². The number of alkyl halides is 2. The average molecular weight is 230 g/mol. The first-order valence-corrected chi connectivity index (χ1v) is 6.10. The third-order valence-electron chi connectivity index (χ3n) is 5.06. The molecule has 90 valence electrons. The van der Waals surface area contributed by atoms with Crippen molar-refractivity contribution in [2.45, 2.75) is 43.9 Å². The van der Waals surface area contributed by atoms with Gasteiger partial charge in [0.05, 0.1) is 0 Å². The molecule has 4 heteroatoms. The summed E-state index contributed by atoms with van der Waals surface area (Å²) >= 11 is 0. The maximum Gasteiger partial charge on any atom is 0.303 e. The predicted molar refractivity (Wildman–Crippen MR) is 53.4 cm³/mol. The molecule has 3 fully saturated rings. The highest BCUT2D eigenvalue weighted by atomic mass is 19.2. The van der Waals surface area contributed by atoms with Crippen molar-refractivity contribution in [3.8, 4) is 0 Å². The Morgan fingerprint density at radius 1 is 1.38 bits per heavy atom. The van der Waals surface area contributed by atoms with Crippen LogP contribution in [0, 0.1) is 23.7 Å². The summed E-state index contributed by atoms with van der Waals surface area (Å²) < 4.78 is 28.5. The van der Waals surface area contributed by atoms with E-state index in [0.29, 0.717) is 12.8 Å². The zero-order chi connectivity index (χ0) is 11.5. The van der Waals surface area contributed by atoms with Gasteiger partial charge in [-0.25, -0.2) is 8.78 Å². The smallest absolute Gasteiger partial charge is 0.303 e. The molecule has 0 spiro atoms. The van der Waals surface area contributed by atoms with E-state index >= 15 is 0 Å². The highest BCUT2D eigenvalue weighted by molar-refractivity contribution is 5.67. The Morgan fingerprint density at radius 2 is 2.12 bits per heavy atom. The maximum absolute atomic E-state index is 14.6. The van der Waals surface area contributed by atoms with Crippen molar-refractivity contribution in [3.05, 3.63) is 0 Å². The fourth-order valence-electron chi connectivity index (χ4n) is 4.45.